The number of hydrogen-bond donors (Lipinski definition) is 1. The summed E-state index contributed by atoms with van der Waals surface area (Å²) in [6.45, 7) is 2.79. The van der Waals surface area contributed by atoms with E-state index in [9.17, 15) is 14.7 Å². The van der Waals surface area contributed by atoms with Gasteiger partial charge in [0.25, 0.3) is 0 Å². The van der Waals surface area contributed by atoms with Crippen LogP contribution in [0, 0.1) is 5.92 Å². The van der Waals surface area contributed by atoms with Gasteiger partial charge < -0.3 is 24.1 Å². The van der Waals surface area contributed by atoms with E-state index in [4.69, 9.17) is 53.8 Å². The Bertz CT molecular complexity index is 1830. The molecule has 2 N–H and O–H groups in total. The quantitative estimate of drug-likeness (QED) is 0.157. The normalized spacial score (nSPS) is 18.6. The van der Waals surface area contributed by atoms with Crippen molar-refractivity contribution in [1.82, 2.24) is 4.90 Å². The van der Waals surface area contributed by atoms with Gasteiger partial charge in [-0.1, -0.05) is 59.1 Å². The minimum Gasteiger partial charge on any atom is -0.506 e. The fraction of sp³-hybridized carbons (Fsp3) is 0.324. The molecule has 1 amide bonds. The summed E-state index contributed by atoms with van der Waals surface area (Å²) in [7, 11) is 3.07. The van der Waals surface area contributed by atoms with E-state index in [2.05, 4.69) is 9.88 Å². The van der Waals surface area contributed by atoms with Crippen LogP contribution in [0.25, 0.3) is 0 Å². The average Bonchev–Trinajstić information content (AvgIpc) is 3.13. The van der Waals surface area contributed by atoms with Gasteiger partial charge in [0.05, 0.1) is 32.0 Å². The van der Waals surface area contributed by atoms with E-state index < -0.39 is 18.2 Å². The number of amides is 1. The average molecular weight is 742 g/mol. The lowest BCUT2D eigenvalue weighted by molar-refractivity contribution is -0.377. The van der Waals surface area contributed by atoms with Gasteiger partial charge in [-0.25, -0.2) is 14.6 Å². The zero-order chi connectivity index (χ0) is 35.4. The molecule has 3 aliphatic heterocycles. The molecule has 7 rings (SSSR count). The smallest absolute Gasteiger partial charge is 0.414 e. The minimum absolute atomic E-state index is 0.0382. The molecule has 1 aromatic heterocycles. The lowest BCUT2D eigenvalue weighted by Crippen LogP contribution is -2.53. The molecule has 2 bridgehead atoms. The van der Waals surface area contributed by atoms with Crippen LogP contribution in [-0.2, 0) is 22.4 Å². The molecule has 0 saturated carbocycles. The highest BCUT2D eigenvalue weighted by Gasteiger charge is 2.38. The maximum absolute atomic E-state index is 13.7. The van der Waals surface area contributed by atoms with Gasteiger partial charge in [0.15, 0.2) is 23.9 Å². The van der Waals surface area contributed by atoms with Crippen LogP contribution in [0.1, 0.15) is 46.0 Å². The predicted octanol–water partition coefficient (Wildman–Crippen LogP) is 7.56. The van der Waals surface area contributed by atoms with Crippen molar-refractivity contribution in [2.75, 3.05) is 38.8 Å². The number of hydrogen-bond acceptors (Lipinski definition) is 8. The molecule has 2 atom stereocenters. The van der Waals surface area contributed by atoms with E-state index >= 15 is 0 Å². The largest absolute Gasteiger partial charge is 0.506 e. The summed E-state index contributed by atoms with van der Waals surface area (Å²) in [5.41, 5.74) is 2.55. The molecule has 3 aromatic carbocycles. The van der Waals surface area contributed by atoms with E-state index in [1.165, 1.54) is 25.2 Å². The number of phenolic OH excluding ortho intramolecular Hbond substituents is 1. The van der Waals surface area contributed by atoms with Crippen LogP contribution in [0.3, 0.4) is 0 Å². The first-order valence-corrected chi connectivity index (χ1v) is 17.3. The third-order valence-corrected chi connectivity index (χ3v) is 10.3. The van der Waals surface area contributed by atoms with Crippen molar-refractivity contribution in [3.8, 4) is 17.2 Å². The van der Waals surface area contributed by atoms with Crippen LogP contribution >= 0.6 is 34.8 Å². The van der Waals surface area contributed by atoms with E-state index in [-0.39, 0.29) is 35.4 Å². The maximum atomic E-state index is 13.7. The molecule has 3 saturated heterocycles. The van der Waals surface area contributed by atoms with Crippen LogP contribution in [0.15, 0.2) is 73.1 Å². The Morgan fingerprint density at radius 3 is 2.30 bits per heavy atom. The van der Waals surface area contributed by atoms with Crippen LogP contribution in [0.4, 0.5) is 10.5 Å². The first-order valence-electron chi connectivity index (χ1n) is 16.2. The highest BCUT2D eigenvalue weighted by Crippen LogP contribution is 2.38. The number of ether oxygens (including phenoxy) is 4. The van der Waals surface area contributed by atoms with Crippen molar-refractivity contribution in [1.29, 1.82) is 0 Å². The monoisotopic (exact) mass is 740 g/mol. The van der Waals surface area contributed by atoms with Gasteiger partial charge in [-0.05, 0) is 79.4 Å². The van der Waals surface area contributed by atoms with Crippen LogP contribution in [-0.4, -0.2) is 62.0 Å². The van der Waals surface area contributed by atoms with E-state index in [0.717, 1.165) is 25.9 Å². The standard InChI is InChI=1S/C37H36Cl3N3O7/c1-47-31-11-10-25(16-33(31)48-2)32(17-26-27(38)18-41-19-28(26)39)49-36(45)24-8-6-22(7-9-24)20-43(29-4-3-5-30(44)35(29)40)37(46)50-34-21-42-14-12-23(34)13-15-42/h3-11,16,18-19,23,32,34,44H,12-15,17,20-21H2,1-2H3/p+1/t32-,34-/m0/s1. The van der Waals surface area contributed by atoms with Crippen molar-refractivity contribution in [3.05, 3.63) is 110 Å². The minimum atomic E-state index is -0.788. The molecule has 4 heterocycles. The van der Waals surface area contributed by atoms with Crippen molar-refractivity contribution in [2.45, 2.75) is 38.0 Å². The summed E-state index contributed by atoms with van der Waals surface area (Å²) in [5.74, 6) is 0.572. The maximum Gasteiger partial charge on any atom is 0.414 e. The molecule has 0 unspecified atom stereocenters. The van der Waals surface area contributed by atoms with Crippen molar-refractivity contribution in [2.24, 2.45) is 5.92 Å². The zero-order valence-corrected chi connectivity index (χ0v) is 29.8. The number of nitrogens with zero attached hydrogens (tertiary/aromatic N) is 2. The number of carbonyl (C=O) groups is 2. The first-order chi connectivity index (χ1) is 24.1. The summed E-state index contributed by atoms with van der Waals surface area (Å²) in [6, 6.07) is 16.7. The number of piperidine rings is 3. The Labute approximate surface area is 305 Å². The van der Waals surface area contributed by atoms with E-state index in [1.807, 2.05) is 0 Å². The summed E-state index contributed by atoms with van der Waals surface area (Å²) < 4.78 is 23.0. The van der Waals surface area contributed by atoms with Gasteiger partial charge in [0.1, 0.15) is 33.0 Å². The number of phenols is 1. The number of H-pyrrole nitrogens is 1. The summed E-state index contributed by atoms with van der Waals surface area (Å²) in [5, 5.41) is 11.2. The molecule has 0 radical (unpaired) electrons. The second-order valence-electron chi connectivity index (χ2n) is 12.3. The topological polar surface area (TPSA) is 112 Å². The van der Waals surface area contributed by atoms with Gasteiger partial charge in [-0.15, -0.1) is 0 Å². The number of esters is 1. The van der Waals surface area contributed by atoms with Gasteiger partial charge in [-0.3, -0.25) is 9.80 Å². The molecule has 0 aliphatic carbocycles. The zero-order valence-electron chi connectivity index (χ0n) is 27.5. The summed E-state index contributed by atoms with van der Waals surface area (Å²) >= 11 is 19.4. The highest BCUT2D eigenvalue weighted by molar-refractivity contribution is 6.35. The highest BCUT2D eigenvalue weighted by atomic mass is 35.5. The predicted molar refractivity (Wildman–Crippen MR) is 190 cm³/mol. The number of fused-ring (bicyclic) bond motifs is 3. The molecule has 262 valence electrons. The van der Waals surface area contributed by atoms with Crippen LogP contribution in [0.2, 0.25) is 15.1 Å². The number of benzene rings is 3. The van der Waals surface area contributed by atoms with E-state index in [0.29, 0.717) is 56.4 Å². The number of pyridine rings is 1. The number of aromatic hydroxyl groups is 1. The third-order valence-electron chi connectivity index (χ3n) is 9.26. The Balaban J connectivity index is 1.22. The number of nitrogens with one attached hydrogen (secondary N) is 1. The molecular formula is C37H37Cl3N3O7+. The van der Waals surface area contributed by atoms with Crippen LogP contribution < -0.4 is 19.4 Å². The molecule has 0 spiro atoms. The van der Waals surface area contributed by atoms with Crippen molar-refractivity contribution >= 4 is 52.6 Å². The van der Waals surface area contributed by atoms with Gasteiger partial charge >= 0.3 is 12.1 Å². The number of anilines is 1. The van der Waals surface area contributed by atoms with Gasteiger partial charge in [0.2, 0.25) is 0 Å². The molecular weight excluding hydrogens is 705 g/mol. The molecule has 3 aliphatic rings. The third kappa shape index (κ3) is 7.89. The van der Waals surface area contributed by atoms with Gasteiger partial charge in [0, 0.05) is 18.5 Å². The summed E-state index contributed by atoms with van der Waals surface area (Å²) in [6.07, 6.45) is 3.80. The fourth-order valence-electron chi connectivity index (χ4n) is 6.47. The summed E-state index contributed by atoms with van der Waals surface area (Å²) in [4.78, 5) is 33.9. The van der Waals surface area contributed by atoms with Crippen LogP contribution in [0.5, 0.6) is 17.2 Å². The Kier molecular flexibility index (Phi) is 11.2. The second-order valence-corrected chi connectivity index (χ2v) is 13.5. The lowest BCUT2D eigenvalue weighted by atomic mass is 9.86. The Hall–Kier alpha value is -4.22. The second kappa shape index (κ2) is 15.8. The number of halogens is 3. The first kappa shape index (κ1) is 35.6. The molecule has 13 heteroatoms. The number of aromatic nitrogens is 1. The number of methoxy groups -OCH3 is 2. The Morgan fingerprint density at radius 2 is 1.66 bits per heavy atom. The van der Waals surface area contributed by atoms with Crippen molar-refractivity contribution in [3.63, 3.8) is 0 Å². The number of carbonyl (C=O) groups excluding carboxylic acids is 2. The molecule has 3 fully saturated rings. The molecule has 4 aromatic rings. The number of rotatable bonds is 11. The SMILES string of the molecule is COc1ccc([C@H](Cc2c(Cl)c[nH+]cc2Cl)OC(=O)c2ccc(CN(C(=O)O[C@H]3CN4CCC3CC4)c3cccc(O)c3Cl)cc2)cc1OC. The van der Waals surface area contributed by atoms with Gasteiger partial charge in [-0.2, -0.15) is 0 Å². The molecule has 10 nitrogen and oxygen atoms in total. The lowest BCUT2D eigenvalue weighted by Gasteiger charge is -2.44. The van der Waals surface area contributed by atoms with Crippen molar-refractivity contribution < 1.29 is 38.6 Å². The fourth-order valence-corrected chi connectivity index (χ4v) is 7.23. The number of aromatic amines is 1. The molecule has 50 heavy (non-hydrogen) atoms. The Morgan fingerprint density at radius 1 is 0.960 bits per heavy atom. The van der Waals surface area contributed by atoms with E-state index in [1.54, 1.807) is 67.0 Å².